The molecule has 0 aliphatic heterocycles. The van der Waals surface area contributed by atoms with Gasteiger partial charge in [0.1, 0.15) is 0 Å². The fourth-order valence-electron chi connectivity index (χ4n) is 1.95. The predicted octanol–water partition coefficient (Wildman–Crippen LogP) is 1.86. The van der Waals surface area contributed by atoms with Gasteiger partial charge in [-0.05, 0) is 26.4 Å². The van der Waals surface area contributed by atoms with E-state index in [-0.39, 0.29) is 6.04 Å². The van der Waals surface area contributed by atoms with Gasteiger partial charge in [0, 0.05) is 12.3 Å². The molecule has 20 heavy (non-hydrogen) atoms. The lowest BCUT2D eigenvalue weighted by atomic mass is 10.2. The number of hydrogen-bond acceptors (Lipinski definition) is 5. The zero-order chi connectivity index (χ0) is 15.1. The Morgan fingerprint density at radius 1 is 1.45 bits per heavy atom. The molecule has 0 aliphatic carbocycles. The van der Waals surface area contributed by atoms with Crippen LogP contribution in [0.3, 0.4) is 0 Å². The summed E-state index contributed by atoms with van der Waals surface area (Å²) >= 11 is 1.94. The smallest absolute Gasteiger partial charge is 0.161 e. The van der Waals surface area contributed by atoms with E-state index in [1.165, 1.54) is 0 Å². The van der Waals surface area contributed by atoms with E-state index in [0.29, 0.717) is 5.25 Å². The van der Waals surface area contributed by atoms with Crippen LogP contribution in [0.5, 0.6) is 5.75 Å². The Morgan fingerprint density at radius 3 is 2.65 bits per heavy atom. The molecule has 0 saturated carbocycles. The first-order valence-electron chi connectivity index (χ1n) is 7.02. The van der Waals surface area contributed by atoms with Gasteiger partial charge in [-0.3, -0.25) is 4.68 Å². The van der Waals surface area contributed by atoms with Gasteiger partial charge in [0.15, 0.2) is 5.75 Å². The molecular formula is C14H28N4OS. The summed E-state index contributed by atoms with van der Waals surface area (Å²) in [5.74, 6) is 1.88. The summed E-state index contributed by atoms with van der Waals surface area (Å²) in [7, 11) is 7.85. The number of methoxy groups -OCH3 is 1. The number of nitrogens with zero attached hydrogens (tertiary/aromatic N) is 3. The minimum absolute atomic E-state index is 0.252. The van der Waals surface area contributed by atoms with Gasteiger partial charge in [0.2, 0.25) is 0 Å². The van der Waals surface area contributed by atoms with Gasteiger partial charge in [-0.1, -0.05) is 13.8 Å². The van der Waals surface area contributed by atoms with Gasteiger partial charge in [0.05, 0.1) is 31.6 Å². The second kappa shape index (κ2) is 8.54. The number of likely N-dealkylation sites (N-methyl/N-ethyl adjacent to an activating group) is 1. The Hall–Kier alpha value is -0.720. The van der Waals surface area contributed by atoms with Gasteiger partial charge in [-0.25, -0.2) is 0 Å². The largest absolute Gasteiger partial charge is 0.493 e. The lowest BCUT2D eigenvalue weighted by molar-refractivity contribution is 0.359. The van der Waals surface area contributed by atoms with Crippen LogP contribution in [-0.4, -0.2) is 60.5 Å². The highest BCUT2D eigenvalue weighted by Gasteiger charge is 2.21. The average Bonchev–Trinajstić information content (AvgIpc) is 2.80. The Kier molecular flexibility index (Phi) is 7.40. The maximum absolute atomic E-state index is 5.48. The van der Waals surface area contributed by atoms with E-state index in [9.17, 15) is 0 Å². The molecule has 1 N–H and O–H groups in total. The van der Waals surface area contributed by atoms with Crippen molar-refractivity contribution < 1.29 is 4.74 Å². The molecule has 0 amide bonds. The molecule has 0 saturated heterocycles. The van der Waals surface area contributed by atoms with Crippen LogP contribution >= 0.6 is 11.8 Å². The molecule has 1 heterocycles. The summed E-state index contributed by atoms with van der Waals surface area (Å²) in [5.41, 5.74) is 1.14. The van der Waals surface area contributed by atoms with Crippen molar-refractivity contribution in [3.05, 3.63) is 11.9 Å². The molecule has 0 spiro atoms. The molecule has 6 heteroatoms. The lowest BCUT2D eigenvalue weighted by Crippen LogP contribution is -2.26. The van der Waals surface area contributed by atoms with Crippen LogP contribution in [0.15, 0.2) is 6.20 Å². The van der Waals surface area contributed by atoms with E-state index in [2.05, 4.69) is 47.9 Å². The predicted molar refractivity (Wildman–Crippen MR) is 86.7 cm³/mol. The third-order valence-corrected chi connectivity index (χ3v) is 4.29. The number of aromatic nitrogens is 2. The summed E-state index contributed by atoms with van der Waals surface area (Å²) in [6.07, 6.45) is 1.81. The van der Waals surface area contributed by atoms with Crippen LogP contribution in [0.1, 0.15) is 25.6 Å². The third kappa shape index (κ3) is 5.00. The monoisotopic (exact) mass is 300 g/mol. The molecule has 1 aromatic heterocycles. The molecule has 1 unspecified atom stereocenters. The molecule has 1 atom stereocenters. The molecule has 0 aliphatic rings. The van der Waals surface area contributed by atoms with Crippen molar-refractivity contribution in [2.45, 2.75) is 31.7 Å². The summed E-state index contributed by atoms with van der Waals surface area (Å²) in [4.78, 5) is 2.16. The SMILES string of the molecule is CNC(CSC(C)C)c1c(OC)cnn1CCN(C)C. The normalized spacial score (nSPS) is 13.2. The number of thioether (sulfide) groups is 1. The lowest BCUT2D eigenvalue weighted by Gasteiger charge is -2.20. The first-order valence-corrected chi connectivity index (χ1v) is 8.07. The molecule has 116 valence electrons. The number of hydrogen-bond donors (Lipinski definition) is 1. The van der Waals surface area contributed by atoms with Crippen LogP contribution in [0.2, 0.25) is 0 Å². The second-order valence-electron chi connectivity index (χ2n) is 5.35. The van der Waals surface area contributed by atoms with Gasteiger partial charge in [-0.2, -0.15) is 16.9 Å². The maximum atomic E-state index is 5.48. The third-order valence-electron chi connectivity index (χ3n) is 3.10. The van der Waals surface area contributed by atoms with Gasteiger partial charge in [-0.15, -0.1) is 0 Å². The molecule has 1 aromatic rings. The van der Waals surface area contributed by atoms with E-state index in [4.69, 9.17) is 4.74 Å². The summed E-state index contributed by atoms with van der Waals surface area (Å²) < 4.78 is 7.53. The molecule has 1 rings (SSSR count). The molecule has 0 fully saturated rings. The van der Waals surface area contributed by atoms with Crippen LogP contribution in [0.4, 0.5) is 0 Å². The Labute approximate surface area is 127 Å². The van der Waals surface area contributed by atoms with Gasteiger partial charge in [0.25, 0.3) is 0 Å². The molecule has 0 radical (unpaired) electrons. The van der Waals surface area contributed by atoms with Gasteiger partial charge < -0.3 is 15.0 Å². The number of nitrogens with one attached hydrogen (secondary N) is 1. The quantitative estimate of drug-likeness (QED) is 0.754. The minimum atomic E-state index is 0.252. The zero-order valence-corrected chi connectivity index (χ0v) is 14.3. The summed E-state index contributed by atoms with van der Waals surface area (Å²) in [6, 6.07) is 0.252. The van der Waals surface area contributed by atoms with E-state index in [1.54, 1.807) is 7.11 Å². The number of ether oxygens (including phenoxy) is 1. The maximum Gasteiger partial charge on any atom is 0.161 e. The Bertz CT molecular complexity index is 393. The summed E-state index contributed by atoms with van der Waals surface area (Å²) in [6.45, 7) is 6.28. The first kappa shape index (κ1) is 17.3. The Morgan fingerprint density at radius 2 is 2.15 bits per heavy atom. The van der Waals surface area contributed by atoms with Crippen molar-refractivity contribution in [1.82, 2.24) is 20.0 Å². The topological polar surface area (TPSA) is 42.3 Å². The molecule has 0 bridgehead atoms. The fourth-order valence-corrected chi connectivity index (χ4v) is 2.85. The molecule has 0 aromatic carbocycles. The van der Waals surface area contributed by atoms with Crippen LogP contribution in [-0.2, 0) is 6.54 Å². The highest BCUT2D eigenvalue weighted by molar-refractivity contribution is 7.99. The van der Waals surface area contributed by atoms with Crippen molar-refractivity contribution in [3.63, 3.8) is 0 Å². The van der Waals surface area contributed by atoms with Crippen molar-refractivity contribution >= 4 is 11.8 Å². The first-order chi connectivity index (χ1) is 9.49. The van der Waals surface area contributed by atoms with Crippen LogP contribution < -0.4 is 10.1 Å². The van der Waals surface area contributed by atoms with Crippen molar-refractivity contribution in [2.24, 2.45) is 0 Å². The minimum Gasteiger partial charge on any atom is -0.493 e. The highest BCUT2D eigenvalue weighted by Crippen LogP contribution is 2.28. The van der Waals surface area contributed by atoms with E-state index >= 15 is 0 Å². The van der Waals surface area contributed by atoms with Crippen molar-refractivity contribution in [3.8, 4) is 5.75 Å². The number of rotatable bonds is 9. The van der Waals surface area contributed by atoms with Crippen molar-refractivity contribution in [2.75, 3.05) is 40.6 Å². The fraction of sp³-hybridized carbons (Fsp3) is 0.786. The van der Waals surface area contributed by atoms with E-state index in [0.717, 1.165) is 30.3 Å². The average molecular weight is 300 g/mol. The second-order valence-corrected chi connectivity index (χ2v) is 6.96. The van der Waals surface area contributed by atoms with E-state index < -0.39 is 0 Å². The highest BCUT2D eigenvalue weighted by atomic mass is 32.2. The Balaban J connectivity index is 2.89. The standard InChI is InChI=1S/C14H28N4OS/c1-11(2)20-10-12(15-3)14-13(19-6)9-16-18(14)8-7-17(4)5/h9,11-12,15H,7-8,10H2,1-6H3. The zero-order valence-electron chi connectivity index (χ0n) is 13.5. The summed E-state index contributed by atoms with van der Waals surface area (Å²) in [5, 5.41) is 8.48. The van der Waals surface area contributed by atoms with Crippen LogP contribution in [0.25, 0.3) is 0 Å². The molecular weight excluding hydrogens is 272 g/mol. The van der Waals surface area contributed by atoms with E-state index in [1.807, 2.05) is 25.0 Å². The van der Waals surface area contributed by atoms with Gasteiger partial charge >= 0.3 is 0 Å². The molecule has 5 nitrogen and oxygen atoms in total. The van der Waals surface area contributed by atoms with Crippen LogP contribution in [0, 0.1) is 0 Å². The van der Waals surface area contributed by atoms with Crippen molar-refractivity contribution in [1.29, 1.82) is 0 Å².